The number of nitrogens with zero attached hydrogens (tertiary/aromatic N) is 6. The molecule has 1 N–H and O–H groups in total. The molecule has 1 aromatic carbocycles. The second kappa shape index (κ2) is 9.57. The summed E-state index contributed by atoms with van der Waals surface area (Å²) in [7, 11) is 4.35. The highest BCUT2D eigenvalue weighted by atomic mass is 19.4. The lowest BCUT2D eigenvalue weighted by Gasteiger charge is -2.18. The molecule has 0 aliphatic rings. The number of aliphatic hydroxyl groups excluding tert-OH is 1. The fraction of sp³-hybridized carbons (Fsp3) is 0.304. The third-order valence-electron chi connectivity index (χ3n) is 5.52. The van der Waals surface area contributed by atoms with Crippen molar-refractivity contribution in [3.63, 3.8) is 0 Å². The van der Waals surface area contributed by atoms with Gasteiger partial charge >= 0.3 is 6.18 Å². The summed E-state index contributed by atoms with van der Waals surface area (Å²) in [6.45, 7) is 0.600. The van der Waals surface area contributed by atoms with E-state index in [1.807, 2.05) is 0 Å². The first-order valence-electron chi connectivity index (χ1n) is 10.6. The Morgan fingerprint density at radius 1 is 1.14 bits per heavy atom. The number of halogens is 4. The van der Waals surface area contributed by atoms with Crippen molar-refractivity contribution in [2.45, 2.75) is 25.7 Å². The normalized spacial score (nSPS) is 13.3. The summed E-state index contributed by atoms with van der Waals surface area (Å²) >= 11 is 0. The van der Waals surface area contributed by atoms with Crippen LogP contribution in [0.2, 0.25) is 0 Å². The lowest BCUT2D eigenvalue weighted by molar-refractivity contribution is -0.207. The third kappa shape index (κ3) is 4.73. The Kier molecular flexibility index (Phi) is 6.67. The highest BCUT2D eigenvalue weighted by Crippen LogP contribution is 2.37. The molecule has 1 atom stereocenters. The summed E-state index contributed by atoms with van der Waals surface area (Å²) in [6.07, 6.45) is -3.00. The highest BCUT2D eigenvalue weighted by molar-refractivity contribution is 5.73. The average molecular weight is 506 g/mol. The van der Waals surface area contributed by atoms with Gasteiger partial charge in [0.1, 0.15) is 22.4 Å². The zero-order chi connectivity index (χ0) is 26.2. The molecule has 3 aromatic heterocycles. The van der Waals surface area contributed by atoms with Gasteiger partial charge in [-0.3, -0.25) is 9.67 Å². The van der Waals surface area contributed by atoms with E-state index in [1.54, 1.807) is 20.2 Å². The number of aryl methyl sites for hydroxylation is 1. The Labute approximate surface area is 202 Å². The molecule has 0 aliphatic heterocycles. The zero-order valence-electron chi connectivity index (χ0n) is 19.7. The van der Waals surface area contributed by atoms with Crippen molar-refractivity contribution in [2.24, 2.45) is 12.0 Å². The Morgan fingerprint density at radius 3 is 2.47 bits per heavy atom. The summed E-state index contributed by atoms with van der Waals surface area (Å²) in [6, 6.07) is 4.21. The number of alkyl halides is 3. The molecular formula is C23H22F4N6O3. The highest BCUT2D eigenvalue weighted by Gasteiger charge is 2.38. The number of aromatic nitrogens is 5. The molecule has 0 spiro atoms. The van der Waals surface area contributed by atoms with Crippen molar-refractivity contribution in [1.29, 1.82) is 0 Å². The number of aliphatic hydroxyl groups is 1. The van der Waals surface area contributed by atoms with Crippen LogP contribution >= 0.6 is 0 Å². The van der Waals surface area contributed by atoms with Gasteiger partial charge in [-0.25, -0.2) is 14.4 Å². The van der Waals surface area contributed by atoms with E-state index in [-0.39, 0.29) is 33.8 Å². The first-order chi connectivity index (χ1) is 17.0. The number of hydrogen-bond acceptors (Lipinski definition) is 7. The van der Waals surface area contributed by atoms with Crippen molar-refractivity contribution in [3.8, 4) is 22.8 Å². The summed E-state index contributed by atoms with van der Waals surface area (Å²) in [5, 5.41) is 14.0. The second-order valence-corrected chi connectivity index (χ2v) is 7.91. The molecule has 4 aromatic rings. The topological polar surface area (TPSA) is 99.6 Å². The van der Waals surface area contributed by atoms with Gasteiger partial charge in [0, 0.05) is 30.4 Å². The van der Waals surface area contributed by atoms with Crippen molar-refractivity contribution in [1.82, 2.24) is 24.3 Å². The van der Waals surface area contributed by atoms with Crippen LogP contribution in [0.4, 0.5) is 23.2 Å². The van der Waals surface area contributed by atoms with E-state index in [1.165, 1.54) is 49.5 Å². The van der Waals surface area contributed by atoms with E-state index in [4.69, 9.17) is 9.47 Å². The third-order valence-corrected chi connectivity index (χ3v) is 5.52. The molecule has 1 unspecified atom stereocenters. The van der Waals surface area contributed by atoms with Crippen molar-refractivity contribution in [3.05, 3.63) is 53.7 Å². The van der Waals surface area contributed by atoms with Crippen LogP contribution in [0, 0.1) is 12.7 Å². The Bertz CT molecular complexity index is 1470. The average Bonchev–Trinajstić information content (AvgIpc) is 3.28. The molecule has 0 bridgehead atoms. The van der Waals surface area contributed by atoms with Crippen LogP contribution in [-0.2, 0) is 13.6 Å². The molecule has 190 valence electrons. The van der Waals surface area contributed by atoms with Gasteiger partial charge in [-0.1, -0.05) is 0 Å². The standard InChI is InChI=1S/C23H22F4N6O3/c1-12-16(35-3)7-17(36-4)20(24)21(12)31-19-6-5-14-22(33(19)11-18(34)23(25,26)27)30-15(9-28-14)13-8-29-32(2)10-13/h5-10,18,34H,11H2,1-4H3. The maximum atomic E-state index is 15.2. The van der Waals surface area contributed by atoms with Crippen LogP contribution in [0.1, 0.15) is 5.56 Å². The fourth-order valence-corrected chi connectivity index (χ4v) is 3.60. The van der Waals surface area contributed by atoms with Crippen molar-refractivity contribution in [2.75, 3.05) is 14.2 Å². The molecule has 36 heavy (non-hydrogen) atoms. The van der Waals surface area contributed by atoms with Gasteiger partial charge in [-0.15, -0.1) is 0 Å². The molecule has 0 fully saturated rings. The number of hydrogen-bond donors (Lipinski definition) is 1. The summed E-state index contributed by atoms with van der Waals surface area (Å²) < 4.78 is 68.1. The predicted octanol–water partition coefficient (Wildman–Crippen LogP) is 3.45. The summed E-state index contributed by atoms with van der Waals surface area (Å²) in [5.74, 6) is -0.708. The first kappa shape index (κ1) is 25.1. The predicted molar refractivity (Wildman–Crippen MR) is 121 cm³/mol. The molecule has 3 heterocycles. The van der Waals surface area contributed by atoms with Crippen LogP contribution in [-0.4, -0.2) is 55.9 Å². The van der Waals surface area contributed by atoms with Gasteiger partial charge in [0.15, 0.2) is 23.3 Å². The molecule has 0 radical (unpaired) electrons. The van der Waals surface area contributed by atoms with Gasteiger partial charge in [0.25, 0.3) is 0 Å². The molecule has 9 nitrogen and oxygen atoms in total. The lowest BCUT2D eigenvalue weighted by atomic mass is 10.1. The molecule has 0 saturated carbocycles. The van der Waals surface area contributed by atoms with E-state index in [0.29, 0.717) is 16.8 Å². The van der Waals surface area contributed by atoms with E-state index in [9.17, 15) is 18.3 Å². The van der Waals surface area contributed by atoms with E-state index < -0.39 is 24.6 Å². The van der Waals surface area contributed by atoms with Crippen molar-refractivity contribution < 1.29 is 32.1 Å². The maximum absolute atomic E-state index is 15.2. The number of ether oxygens (including phenoxy) is 2. The van der Waals surface area contributed by atoms with E-state index in [2.05, 4.69) is 20.1 Å². The smallest absolute Gasteiger partial charge is 0.416 e. The van der Waals surface area contributed by atoms with E-state index >= 15 is 4.39 Å². The van der Waals surface area contributed by atoms with Crippen LogP contribution in [0.5, 0.6) is 11.5 Å². The number of rotatable bonds is 6. The van der Waals surface area contributed by atoms with Crippen LogP contribution < -0.4 is 15.0 Å². The first-order valence-corrected chi connectivity index (χ1v) is 10.6. The van der Waals surface area contributed by atoms with Gasteiger partial charge in [0.2, 0.25) is 0 Å². The summed E-state index contributed by atoms with van der Waals surface area (Å²) in [4.78, 5) is 13.1. The van der Waals surface area contributed by atoms with Gasteiger partial charge < -0.3 is 19.1 Å². The monoisotopic (exact) mass is 506 g/mol. The molecular weight excluding hydrogens is 484 g/mol. The van der Waals surface area contributed by atoms with E-state index in [0.717, 1.165) is 4.57 Å². The van der Waals surface area contributed by atoms with Crippen LogP contribution in [0.3, 0.4) is 0 Å². The minimum Gasteiger partial charge on any atom is -0.496 e. The lowest BCUT2D eigenvalue weighted by Crippen LogP contribution is -2.37. The molecule has 13 heteroatoms. The molecule has 0 saturated heterocycles. The number of benzene rings is 1. The zero-order valence-corrected chi connectivity index (χ0v) is 19.7. The molecule has 0 aliphatic carbocycles. The van der Waals surface area contributed by atoms with Gasteiger partial charge in [-0.05, 0) is 19.1 Å². The number of methoxy groups -OCH3 is 2. The quantitative estimate of drug-likeness (QED) is 0.402. The Morgan fingerprint density at radius 2 is 1.86 bits per heavy atom. The van der Waals surface area contributed by atoms with Gasteiger partial charge in [0.05, 0.1) is 38.9 Å². The van der Waals surface area contributed by atoms with Crippen molar-refractivity contribution >= 4 is 16.9 Å². The van der Waals surface area contributed by atoms with Crippen LogP contribution in [0.15, 0.2) is 41.8 Å². The number of fused-ring (bicyclic) bond motifs is 1. The molecule has 4 rings (SSSR count). The SMILES string of the molecule is COc1cc(OC)c(F)c(N=c2ccc3ncc(-c4cnn(C)c4)nc3n2CC(O)C(F)(F)F)c1C. The van der Waals surface area contributed by atoms with Gasteiger partial charge in [-0.2, -0.15) is 18.3 Å². The Hall–Kier alpha value is -4.00. The summed E-state index contributed by atoms with van der Waals surface area (Å²) in [5.41, 5.74) is 1.18. The Balaban J connectivity index is 2.02. The maximum Gasteiger partial charge on any atom is 0.416 e. The largest absolute Gasteiger partial charge is 0.496 e. The minimum atomic E-state index is -4.92. The minimum absolute atomic E-state index is 0.00817. The second-order valence-electron chi connectivity index (χ2n) is 7.91. The molecule has 0 amide bonds. The van der Waals surface area contributed by atoms with Crippen LogP contribution in [0.25, 0.3) is 22.4 Å². The number of pyridine rings is 1. The fourth-order valence-electron chi connectivity index (χ4n) is 3.60.